The topological polar surface area (TPSA) is 20.3 Å². The van der Waals surface area contributed by atoms with Gasteiger partial charge in [0.15, 0.2) is 0 Å². The number of hydrogen-bond donors (Lipinski definition) is 0. The summed E-state index contributed by atoms with van der Waals surface area (Å²) in [5, 5.41) is 0. The number of likely N-dealkylation sites (tertiary alicyclic amines) is 1. The van der Waals surface area contributed by atoms with Crippen molar-refractivity contribution in [2.75, 3.05) is 6.54 Å². The Morgan fingerprint density at radius 1 is 1.60 bits per heavy atom. The monoisotopic (exact) mass is 333 g/mol. The molecule has 6 heteroatoms. The van der Waals surface area contributed by atoms with Gasteiger partial charge in [0.05, 0.1) is 6.42 Å². The smallest absolute Gasteiger partial charge is 0.335 e. The molecule has 0 N–H and O–H groups in total. The van der Waals surface area contributed by atoms with Gasteiger partial charge < -0.3 is 4.90 Å². The van der Waals surface area contributed by atoms with Crippen molar-refractivity contribution in [3.63, 3.8) is 0 Å². The number of carbonyl (C=O) groups is 1. The molecule has 0 aromatic rings. The molecule has 0 spiro atoms. The van der Waals surface area contributed by atoms with Gasteiger partial charge in [0.1, 0.15) is 0 Å². The Balaban J connectivity index is 2.69. The Morgan fingerprint density at radius 3 is 2.67 bits per heavy atom. The Hall–Kier alpha value is -0.270. The van der Waals surface area contributed by atoms with Crippen LogP contribution in [0.2, 0.25) is 0 Å². The molecule has 1 heterocycles. The van der Waals surface area contributed by atoms with Crippen molar-refractivity contribution in [1.29, 1.82) is 0 Å². The highest BCUT2D eigenvalue weighted by Gasteiger charge is 2.40. The molecular weight excluding hydrogens is 322 g/mol. The second-order valence-corrected chi connectivity index (χ2v) is 5.26. The van der Waals surface area contributed by atoms with Crippen LogP contribution >= 0.6 is 22.6 Å². The fourth-order valence-electron chi connectivity index (χ4n) is 1.71. The summed E-state index contributed by atoms with van der Waals surface area (Å²) in [6.45, 7) is 3.67. The van der Waals surface area contributed by atoms with E-state index < -0.39 is 24.5 Å². The molecule has 0 bridgehead atoms. The normalized spacial score (nSPS) is 26.8. The van der Waals surface area contributed by atoms with E-state index in [2.05, 4.69) is 29.2 Å². The van der Waals surface area contributed by atoms with Crippen LogP contribution in [-0.4, -0.2) is 33.5 Å². The predicted octanol–water partition coefficient (Wildman–Crippen LogP) is 2.53. The quantitative estimate of drug-likeness (QED) is 0.432. The summed E-state index contributed by atoms with van der Waals surface area (Å²) in [7, 11) is 0. The first-order valence-electron chi connectivity index (χ1n) is 4.47. The molecule has 0 aromatic carbocycles. The second kappa shape index (κ2) is 4.71. The Bertz CT molecular complexity index is 267. The Kier molecular flexibility index (Phi) is 4.02. The molecule has 1 aliphatic heterocycles. The van der Waals surface area contributed by atoms with Crippen molar-refractivity contribution >= 4 is 28.5 Å². The van der Waals surface area contributed by atoms with Crippen LogP contribution in [0.5, 0.6) is 0 Å². The van der Waals surface area contributed by atoms with E-state index >= 15 is 0 Å². The van der Waals surface area contributed by atoms with Crippen molar-refractivity contribution in [3.8, 4) is 0 Å². The fraction of sp³-hybridized carbons (Fsp3) is 0.667. The molecule has 0 saturated carbocycles. The SMILES string of the molecule is C=CC(=O)N1C[C@@H](I)C[C@@H]1CC(F)(F)F. The highest BCUT2D eigenvalue weighted by atomic mass is 127. The zero-order valence-electron chi connectivity index (χ0n) is 7.93. The Morgan fingerprint density at radius 2 is 2.20 bits per heavy atom. The van der Waals surface area contributed by atoms with E-state index in [0.29, 0.717) is 13.0 Å². The van der Waals surface area contributed by atoms with E-state index in [-0.39, 0.29) is 3.92 Å². The van der Waals surface area contributed by atoms with Crippen LogP contribution in [0.3, 0.4) is 0 Å². The number of carbonyl (C=O) groups excluding carboxylic acids is 1. The summed E-state index contributed by atoms with van der Waals surface area (Å²) in [5.74, 6) is -0.414. The molecule has 15 heavy (non-hydrogen) atoms. The summed E-state index contributed by atoms with van der Waals surface area (Å²) in [6.07, 6.45) is -3.67. The molecule has 2 atom stereocenters. The van der Waals surface area contributed by atoms with Gasteiger partial charge >= 0.3 is 6.18 Å². The van der Waals surface area contributed by atoms with E-state index in [0.717, 1.165) is 6.08 Å². The van der Waals surface area contributed by atoms with Crippen LogP contribution in [0.15, 0.2) is 12.7 Å². The van der Waals surface area contributed by atoms with Gasteiger partial charge in [-0.1, -0.05) is 29.2 Å². The standard InChI is InChI=1S/C9H11F3INO/c1-2-8(15)14-5-6(13)3-7(14)4-9(10,11)12/h2,6-7H,1,3-5H2/t6-,7+/m0/s1. The summed E-state index contributed by atoms with van der Waals surface area (Å²) in [6, 6.07) is -0.725. The third-order valence-corrected chi connectivity index (χ3v) is 3.19. The van der Waals surface area contributed by atoms with Crippen LogP contribution in [-0.2, 0) is 4.79 Å². The van der Waals surface area contributed by atoms with Gasteiger partial charge in [-0.25, -0.2) is 0 Å². The highest BCUT2D eigenvalue weighted by molar-refractivity contribution is 14.1. The molecule has 1 amide bonds. The van der Waals surface area contributed by atoms with E-state index in [1.807, 2.05) is 0 Å². The van der Waals surface area contributed by atoms with Gasteiger partial charge in [-0.3, -0.25) is 4.79 Å². The van der Waals surface area contributed by atoms with E-state index in [1.54, 1.807) is 0 Å². The molecule has 0 aliphatic carbocycles. The van der Waals surface area contributed by atoms with Gasteiger partial charge in [-0.15, -0.1) is 0 Å². The summed E-state index contributed by atoms with van der Waals surface area (Å²) in [4.78, 5) is 12.6. The fourth-order valence-corrected chi connectivity index (χ4v) is 2.72. The van der Waals surface area contributed by atoms with Crippen LogP contribution in [0.4, 0.5) is 13.2 Å². The minimum absolute atomic E-state index is 0.0962. The lowest BCUT2D eigenvalue weighted by Gasteiger charge is -2.24. The number of hydrogen-bond acceptors (Lipinski definition) is 1. The molecule has 0 aromatic heterocycles. The van der Waals surface area contributed by atoms with Gasteiger partial charge in [0.25, 0.3) is 0 Å². The van der Waals surface area contributed by atoms with Crippen LogP contribution in [0.1, 0.15) is 12.8 Å². The van der Waals surface area contributed by atoms with Gasteiger partial charge in [-0.05, 0) is 12.5 Å². The van der Waals surface area contributed by atoms with Crippen LogP contribution in [0, 0.1) is 0 Å². The summed E-state index contributed by atoms with van der Waals surface area (Å²) in [5.41, 5.74) is 0. The molecule has 0 unspecified atom stereocenters. The number of alkyl halides is 4. The number of amides is 1. The first-order chi connectivity index (χ1) is 6.83. The zero-order chi connectivity index (χ0) is 11.6. The predicted molar refractivity (Wildman–Crippen MR) is 58.8 cm³/mol. The average Bonchev–Trinajstić information content (AvgIpc) is 2.42. The average molecular weight is 333 g/mol. The first kappa shape index (κ1) is 12.8. The molecule has 86 valence electrons. The van der Waals surface area contributed by atoms with Crippen LogP contribution in [0.25, 0.3) is 0 Å². The van der Waals surface area contributed by atoms with Crippen molar-refractivity contribution in [1.82, 2.24) is 4.90 Å². The minimum atomic E-state index is -4.22. The van der Waals surface area contributed by atoms with Gasteiger partial charge in [0.2, 0.25) is 5.91 Å². The lowest BCUT2D eigenvalue weighted by Crippen LogP contribution is -2.37. The lowest BCUT2D eigenvalue weighted by molar-refractivity contribution is -0.149. The molecule has 1 aliphatic rings. The summed E-state index contributed by atoms with van der Waals surface area (Å²) >= 11 is 2.07. The molecular formula is C9H11F3INO. The van der Waals surface area contributed by atoms with E-state index in [4.69, 9.17) is 0 Å². The maximum atomic E-state index is 12.2. The van der Waals surface area contributed by atoms with Gasteiger partial charge in [0, 0.05) is 16.5 Å². The molecule has 1 rings (SSSR count). The minimum Gasteiger partial charge on any atom is -0.335 e. The molecule has 0 radical (unpaired) electrons. The lowest BCUT2D eigenvalue weighted by atomic mass is 10.1. The zero-order valence-corrected chi connectivity index (χ0v) is 10.1. The third-order valence-electron chi connectivity index (χ3n) is 2.29. The first-order valence-corrected chi connectivity index (χ1v) is 5.72. The van der Waals surface area contributed by atoms with Crippen molar-refractivity contribution in [2.24, 2.45) is 0 Å². The number of halogens is 4. The summed E-state index contributed by atoms with van der Waals surface area (Å²) < 4.78 is 36.7. The van der Waals surface area contributed by atoms with Crippen molar-refractivity contribution in [3.05, 3.63) is 12.7 Å². The molecule has 1 saturated heterocycles. The van der Waals surface area contributed by atoms with E-state index in [1.165, 1.54) is 4.90 Å². The molecule has 1 fully saturated rings. The maximum Gasteiger partial charge on any atom is 0.391 e. The number of rotatable bonds is 2. The Labute approximate surface area is 99.6 Å². The van der Waals surface area contributed by atoms with E-state index in [9.17, 15) is 18.0 Å². The largest absolute Gasteiger partial charge is 0.391 e. The van der Waals surface area contributed by atoms with Crippen molar-refractivity contribution < 1.29 is 18.0 Å². The van der Waals surface area contributed by atoms with Crippen molar-refractivity contribution in [2.45, 2.75) is 29.0 Å². The third kappa shape index (κ3) is 3.66. The van der Waals surface area contributed by atoms with Gasteiger partial charge in [-0.2, -0.15) is 13.2 Å². The highest BCUT2D eigenvalue weighted by Crippen LogP contribution is 2.32. The molecule has 2 nitrogen and oxygen atoms in total. The van der Waals surface area contributed by atoms with Crippen LogP contribution < -0.4 is 0 Å². The second-order valence-electron chi connectivity index (χ2n) is 3.50. The number of nitrogens with zero attached hydrogens (tertiary/aromatic N) is 1. The maximum absolute atomic E-state index is 12.2.